The number of aromatic amines is 2. The number of nitrogens with zero attached hydrogens (tertiary/aromatic N) is 1. The van der Waals surface area contributed by atoms with Crippen molar-refractivity contribution in [3.8, 4) is 46.0 Å². The molecule has 0 bridgehead atoms. The Bertz CT molecular complexity index is 3450. The Labute approximate surface area is 544 Å². The van der Waals surface area contributed by atoms with Gasteiger partial charge >= 0.3 is 57.5 Å². The number of furan rings is 2. The van der Waals surface area contributed by atoms with Crippen LogP contribution in [0.15, 0.2) is 97.0 Å². The Morgan fingerprint density at radius 3 is 1.15 bits per heavy atom. The number of nitrogens with one attached hydrogen (secondary N) is 2. The van der Waals surface area contributed by atoms with Crippen LogP contribution in [0.5, 0.6) is 46.0 Å². The first-order chi connectivity index (χ1) is 41.3. The first-order valence-corrected chi connectivity index (χ1v) is 29.9. The monoisotopic (exact) mass is 1410 g/mol. The average molecular weight is 1410 g/mol. The molecule has 0 amide bonds. The number of aromatic hydroxyl groups is 6. The van der Waals surface area contributed by atoms with Gasteiger partial charge in [0.25, 0.3) is 0 Å². The number of phenolic OH excluding ortho intramolecular Hbond substituents is 6. The van der Waals surface area contributed by atoms with Crippen molar-refractivity contribution in [1.29, 1.82) is 0 Å². The van der Waals surface area contributed by atoms with E-state index in [1.165, 1.54) is 39.5 Å². The highest BCUT2D eigenvalue weighted by Gasteiger charge is 2.17. The van der Waals surface area contributed by atoms with Crippen LogP contribution < -0.4 is 49.0 Å². The summed E-state index contributed by atoms with van der Waals surface area (Å²) in [5, 5.41) is 105. The van der Waals surface area contributed by atoms with Gasteiger partial charge in [0.05, 0.1) is 71.3 Å². The molecule has 3 heterocycles. The lowest BCUT2D eigenvalue weighted by Crippen LogP contribution is -2.41. The fourth-order valence-electron chi connectivity index (χ4n) is 5.08. The SMILES string of the molecule is COc1cc(C(=O)O)cc(OC)c1O.Cn1c(=O)[nH]c(=O)[nH]c1=O.O=C(O)c1cc(O)c(O)c(O)c1.O=C(O)c1ccc(O)c(O)c1.O=c1oc(=O)c2cc3c(=O)oc(=O)c3cc12.OC(CS)C(O)CS.OCC(S)CS.SCCS.SCCSCCS. The molecule has 38 heteroatoms. The van der Waals surface area contributed by atoms with E-state index in [1.54, 1.807) is 0 Å². The molecule has 0 saturated carbocycles. The zero-order valence-electron chi connectivity index (χ0n) is 46.0. The maximum absolute atomic E-state index is 11.2. The lowest BCUT2D eigenvalue weighted by molar-refractivity contribution is 0.0504. The van der Waals surface area contributed by atoms with Gasteiger partial charge in [0.2, 0.25) is 5.75 Å². The molecule has 7 aromatic rings. The molecule has 3 atom stereocenters. The minimum absolute atomic E-state index is 0.00324. The summed E-state index contributed by atoms with van der Waals surface area (Å²) in [7, 11) is 3.93. The van der Waals surface area contributed by atoms with Gasteiger partial charge in [0.15, 0.2) is 40.2 Å². The number of ether oxygens (including phenoxy) is 2. The molecule has 0 saturated heterocycles. The van der Waals surface area contributed by atoms with Gasteiger partial charge in [-0.25, -0.2) is 52.5 Å². The van der Waals surface area contributed by atoms with Crippen LogP contribution in [0.3, 0.4) is 0 Å². The number of aliphatic hydroxyl groups excluding tert-OH is 3. The Kier molecular flexibility index (Phi) is 42.5. The molecule has 4 aromatic carbocycles. The van der Waals surface area contributed by atoms with Crippen molar-refractivity contribution in [2.45, 2.75) is 17.5 Å². The molecule has 88 heavy (non-hydrogen) atoms. The normalized spacial score (nSPS) is 10.9. The van der Waals surface area contributed by atoms with Gasteiger partial charge in [0.1, 0.15) is 0 Å². The zero-order valence-corrected chi connectivity index (χ0v) is 54.0. The van der Waals surface area contributed by atoms with Crippen LogP contribution in [0.4, 0.5) is 0 Å². The highest BCUT2D eigenvalue weighted by atomic mass is 32.2. The number of phenols is 6. The summed E-state index contributed by atoms with van der Waals surface area (Å²) < 4.78 is 19.0. The molecular weight excluding hydrogens is 1350 g/mol. The molecule has 0 fully saturated rings. The lowest BCUT2D eigenvalue weighted by atomic mass is 10.1. The minimum Gasteiger partial charge on any atom is -0.504 e. The van der Waals surface area contributed by atoms with Crippen LogP contribution in [0.25, 0.3) is 21.5 Å². The van der Waals surface area contributed by atoms with Crippen LogP contribution >= 0.6 is 113 Å². The smallest absolute Gasteiger partial charge is 0.346 e. The number of hydrogen-bond acceptors (Lipinski definition) is 32. The molecule has 0 aliphatic carbocycles. The number of fused-ring (bicyclic) bond motifs is 2. The third-order valence-corrected chi connectivity index (χ3v) is 14.2. The van der Waals surface area contributed by atoms with E-state index in [-0.39, 0.29) is 84.6 Å². The average Bonchev–Trinajstić information content (AvgIpc) is 2.05. The van der Waals surface area contributed by atoms with Gasteiger partial charge in [-0.15, -0.1) is 0 Å². The van der Waals surface area contributed by atoms with Gasteiger partial charge in [-0.3, -0.25) is 9.97 Å². The quantitative estimate of drug-likeness (QED) is 0.0396. The number of thioether (sulfide) groups is 1. The lowest BCUT2D eigenvalue weighted by Gasteiger charge is -2.11. The second-order valence-corrected chi connectivity index (χ2v) is 20.6. The number of H-pyrrole nitrogens is 2. The van der Waals surface area contributed by atoms with Crippen LogP contribution in [0.1, 0.15) is 31.1 Å². The number of thiol groups is 8. The highest BCUT2D eigenvalue weighted by Crippen LogP contribution is 2.37. The first kappa shape index (κ1) is 83.5. The fourth-order valence-corrected chi connectivity index (χ4v) is 6.92. The van der Waals surface area contributed by atoms with Crippen molar-refractivity contribution >= 4 is 152 Å². The Morgan fingerprint density at radius 2 is 0.875 bits per heavy atom. The van der Waals surface area contributed by atoms with Gasteiger partial charge < -0.3 is 79.6 Å². The molecule has 0 aliphatic heterocycles. The van der Waals surface area contributed by atoms with Crippen LogP contribution in [-0.2, 0) is 7.05 Å². The Hall–Kier alpha value is -6.59. The Morgan fingerprint density at radius 1 is 0.523 bits per heavy atom. The maximum atomic E-state index is 11.2. The number of aromatic carboxylic acids is 3. The van der Waals surface area contributed by atoms with Gasteiger partial charge in [-0.1, -0.05) is 0 Å². The van der Waals surface area contributed by atoms with Crippen molar-refractivity contribution in [2.24, 2.45) is 7.05 Å². The molecule has 29 nitrogen and oxygen atoms in total. The predicted molar refractivity (Wildman–Crippen MR) is 356 cm³/mol. The van der Waals surface area contributed by atoms with E-state index in [2.05, 4.69) is 110 Å². The Balaban J connectivity index is 0. The van der Waals surface area contributed by atoms with E-state index in [9.17, 15) is 53.1 Å². The summed E-state index contributed by atoms with van der Waals surface area (Å²) in [5.41, 5.74) is -5.86. The van der Waals surface area contributed by atoms with Crippen molar-refractivity contribution in [3.05, 3.63) is 144 Å². The third-order valence-electron chi connectivity index (χ3n) is 9.54. The summed E-state index contributed by atoms with van der Waals surface area (Å²) in [6, 6.07) is 9.74. The molecule has 0 radical (unpaired) electrons. The van der Waals surface area contributed by atoms with Crippen LogP contribution in [0.2, 0.25) is 0 Å². The second-order valence-electron chi connectivity index (χ2n) is 15.8. The topological polar surface area (TPSA) is 495 Å². The molecule has 488 valence electrons. The summed E-state index contributed by atoms with van der Waals surface area (Å²) >= 11 is 33.0. The van der Waals surface area contributed by atoms with E-state index >= 15 is 0 Å². The second kappa shape index (κ2) is 44.8. The van der Waals surface area contributed by atoms with Crippen molar-refractivity contribution in [1.82, 2.24) is 14.5 Å². The molecule has 3 aromatic heterocycles. The van der Waals surface area contributed by atoms with E-state index in [0.29, 0.717) is 5.75 Å². The van der Waals surface area contributed by atoms with Gasteiger partial charge in [0, 0.05) is 41.1 Å². The molecular formula is C50H63N3O26S9. The first-order valence-electron chi connectivity index (χ1n) is 23.8. The van der Waals surface area contributed by atoms with Crippen LogP contribution in [-0.4, -0.2) is 184 Å². The number of methoxy groups -OCH3 is 2. The van der Waals surface area contributed by atoms with Crippen molar-refractivity contribution in [2.75, 3.05) is 72.6 Å². The molecule has 0 aliphatic rings. The van der Waals surface area contributed by atoms with Gasteiger partial charge in [-0.2, -0.15) is 113 Å². The van der Waals surface area contributed by atoms with E-state index < -0.39 is 92.7 Å². The largest absolute Gasteiger partial charge is 0.504 e. The molecule has 14 N–H and O–H groups in total. The molecule has 7 rings (SSSR count). The number of carboxylic acid groups (broad SMARTS) is 3. The zero-order chi connectivity index (χ0) is 68.1. The maximum Gasteiger partial charge on any atom is 0.346 e. The molecule has 3 unspecified atom stereocenters. The van der Waals surface area contributed by atoms with Crippen LogP contribution in [0, 0.1) is 0 Å². The predicted octanol–water partition coefficient (Wildman–Crippen LogP) is 1.86. The number of carbonyl (C=O) groups is 3. The minimum atomic E-state index is -1.29. The number of hydrogen-bond donors (Lipinski definition) is 22. The number of carboxylic acids is 3. The van der Waals surface area contributed by atoms with Crippen molar-refractivity contribution < 1.29 is 94.0 Å². The number of benzene rings is 4. The summed E-state index contributed by atoms with van der Waals surface area (Å²) in [4.78, 5) is 111. The number of rotatable bonds is 15. The standard InChI is InChI=1S/C10H2O6.C9H10O5.C7H6O5.C7H6O4.C4H5N3O3.C4H10O2S2.C4H10S3.C3H8OS2.C2H6S2/c11-7-3-1-4-6(10(14)16-8(4)12)2-5(3)9(13)15-7;1-13-6-3-5(9(11)12)4-7(14-2)8(6)10;8-4-1-3(7(11)12)2-5(9)6(4)10;8-5-2-1-4(7(10)11)3-6(5)9;1-7-3(9)5-2(8)6-4(7)10;5-3(1-7)4(6)2-8;5-1-3-7-4-2-6;4-1-3(6)2-5;3-1-2-4/h1-2H;3-4,10H,1-2H3,(H,11,12);1-2,8-10H,(H,11,12);1-3,8-9H,(H,10,11);1H3,(H2,5,6,8,9,10);3-8H,1-2H2;5-6H,1-4H2;3-6H,1-2H2;3-4H,1-2H2. The summed E-state index contributed by atoms with van der Waals surface area (Å²) in [6.45, 7) is 0.118. The number of aromatic nitrogens is 3. The molecule has 0 spiro atoms. The van der Waals surface area contributed by atoms with E-state index in [4.69, 9.17) is 65.6 Å². The van der Waals surface area contributed by atoms with E-state index in [1.807, 2.05) is 21.7 Å². The van der Waals surface area contributed by atoms with Gasteiger partial charge in [-0.05, 0) is 77.6 Å². The summed E-state index contributed by atoms with van der Waals surface area (Å²) in [6.07, 6.45) is -1.48. The third kappa shape index (κ3) is 30.1. The van der Waals surface area contributed by atoms with Crippen molar-refractivity contribution in [3.63, 3.8) is 0 Å². The summed E-state index contributed by atoms with van der Waals surface area (Å²) in [5.74, 6) is 0.838. The van der Waals surface area contributed by atoms with E-state index in [0.717, 1.165) is 75.5 Å². The number of aliphatic hydroxyl groups is 3. The highest BCUT2D eigenvalue weighted by molar-refractivity contribution is 8.00. The fraction of sp³-hybridized carbons (Fsp3) is 0.320.